The number of ether oxygens (including phenoxy) is 2. The molecule has 3 aliphatic heterocycles. The van der Waals surface area contributed by atoms with Crippen molar-refractivity contribution in [1.29, 1.82) is 0 Å². The zero-order chi connectivity index (χ0) is 57.1. The maximum atomic E-state index is 16.3. The summed E-state index contributed by atoms with van der Waals surface area (Å²) < 4.78 is 14.4. The van der Waals surface area contributed by atoms with Gasteiger partial charge in [0.15, 0.2) is 5.78 Å². The van der Waals surface area contributed by atoms with E-state index < -0.39 is 68.1 Å². The van der Waals surface area contributed by atoms with Crippen LogP contribution in [0.5, 0.6) is 0 Å². The van der Waals surface area contributed by atoms with E-state index in [0.29, 0.717) is 89.6 Å². The van der Waals surface area contributed by atoms with Gasteiger partial charge in [0.2, 0.25) is 0 Å². The molecule has 11 nitrogen and oxygen atoms in total. The zero-order valence-corrected chi connectivity index (χ0v) is 49.8. The molecule has 20 atom stereocenters. The van der Waals surface area contributed by atoms with Gasteiger partial charge in [-0.15, -0.1) is 0 Å². The number of carbonyl (C=O) groups excluding carboxylic acids is 2. The van der Waals surface area contributed by atoms with E-state index in [4.69, 9.17) is 15.2 Å². The number of epoxide rings is 1. The number of aryl methyl sites for hydroxylation is 1. The summed E-state index contributed by atoms with van der Waals surface area (Å²) in [5.41, 5.74) is 4.77. The summed E-state index contributed by atoms with van der Waals surface area (Å²) in [7, 11) is 0. The molecule has 14 rings (SSSR count). The molecule has 8 N–H and O–H groups in total. The number of aliphatic hydroxyl groups excluding tert-OH is 3. The van der Waals surface area contributed by atoms with Crippen molar-refractivity contribution in [1.82, 2.24) is 5.32 Å². The van der Waals surface area contributed by atoms with E-state index in [1.165, 1.54) is 48.8 Å². The molecular weight excluding hydrogens is 1020 g/mol. The minimum atomic E-state index is -1.44. The van der Waals surface area contributed by atoms with Gasteiger partial charge in [-0.25, -0.2) is 0 Å². The fourth-order valence-corrected chi connectivity index (χ4v) is 23.6. The van der Waals surface area contributed by atoms with Crippen molar-refractivity contribution in [2.24, 2.45) is 91.0 Å². The highest BCUT2D eigenvalue weighted by Gasteiger charge is 2.82. The normalized spacial score (nSPS) is 47.3. The smallest absolute Gasteiger partial charge is 0.159 e. The largest absolute Gasteiger partial charge is 0.396 e. The molecule has 9 fully saturated rings. The number of nitrogens with one attached hydrogen (secondary N) is 1. The highest BCUT2D eigenvalue weighted by molar-refractivity contribution is 5.95. The number of carbonyl (C=O) groups is 2. The summed E-state index contributed by atoms with van der Waals surface area (Å²) in [6.45, 7) is 9.34. The Morgan fingerprint density at radius 2 is 1.74 bits per heavy atom. The predicted octanol–water partition coefficient (Wildman–Crippen LogP) is 9.70. The number of aldehydes is 1. The van der Waals surface area contributed by atoms with Gasteiger partial charge in [0.05, 0.1) is 36.3 Å². The van der Waals surface area contributed by atoms with Crippen LogP contribution < -0.4 is 11.1 Å². The third kappa shape index (κ3) is 7.77. The molecule has 1 aromatic carbocycles. The molecule has 10 aliphatic carbocycles. The Labute approximate surface area is 488 Å². The number of hydrogen-bond donors (Lipinski definition) is 7. The van der Waals surface area contributed by atoms with Gasteiger partial charge in [-0.05, 0) is 222 Å². The van der Waals surface area contributed by atoms with Crippen LogP contribution in [0.4, 0.5) is 0 Å². The topological polar surface area (TPSA) is 195 Å². The van der Waals surface area contributed by atoms with Gasteiger partial charge in [-0.3, -0.25) is 4.79 Å². The molecule has 0 bridgehead atoms. The van der Waals surface area contributed by atoms with Crippen LogP contribution in [0.25, 0.3) is 0 Å². The molecule has 2 saturated heterocycles. The number of fused-ring (bicyclic) bond motifs is 4. The molecule has 7 saturated carbocycles. The van der Waals surface area contributed by atoms with Crippen LogP contribution in [0.15, 0.2) is 71.1 Å². The van der Waals surface area contributed by atoms with Crippen LogP contribution in [-0.4, -0.2) is 99.1 Å². The first-order valence-corrected chi connectivity index (χ1v) is 32.7. The van der Waals surface area contributed by atoms with Gasteiger partial charge in [0.1, 0.15) is 24.1 Å². The van der Waals surface area contributed by atoms with Crippen molar-refractivity contribution in [3.63, 3.8) is 0 Å². The van der Waals surface area contributed by atoms with Crippen LogP contribution in [0.1, 0.15) is 180 Å². The molecule has 11 heteroatoms. The number of allylic oxidation sites excluding steroid dienone is 4. The Bertz CT molecular complexity index is 2960. The lowest BCUT2D eigenvalue weighted by molar-refractivity contribution is -0.226. The monoisotopic (exact) mass is 1120 g/mol. The second kappa shape index (κ2) is 19.5. The molecule has 0 radical (unpaired) electrons. The molecule has 4 spiro atoms. The van der Waals surface area contributed by atoms with E-state index in [-0.39, 0.29) is 71.3 Å². The van der Waals surface area contributed by atoms with Crippen molar-refractivity contribution < 1.29 is 44.6 Å². The number of benzene rings is 1. The lowest BCUT2D eigenvalue weighted by Crippen LogP contribution is -2.71. The van der Waals surface area contributed by atoms with E-state index in [9.17, 15) is 30.3 Å². The number of nitrogens with two attached hydrogens (primary N) is 1. The molecule has 13 aliphatic rings. The minimum absolute atomic E-state index is 0.00157. The number of ketones is 1. The van der Waals surface area contributed by atoms with Crippen LogP contribution in [0.2, 0.25) is 0 Å². The summed E-state index contributed by atoms with van der Waals surface area (Å²) >= 11 is 0. The summed E-state index contributed by atoms with van der Waals surface area (Å²) in [4.78, 5) is 29.1. The fraction of sp³-hybridized carbons (Fsp3) is 0.746. The van der Waals surface area contributed by atoms with E-state index in [2.05, 4.69) is 67.4 Å². The average Bonchev–Trinajstić information content (AvgIpc) is 1.64. The Kier molecular flexibility index (Phi) is 13.3. The highest BCUT2D eigenvalue weighted by atomic mass is 16.6. The van der Waals surface area contributed by atoms with Gasteiger partial charge in [-0.1, -0.05) is 87.4 Å². The minimum Gasteiger partial charge on any atom is -0.396 e. The van der Waals surface area contributed by atoms with Gasteiger partial charge < -0.3 is 50.9 Å². The summed E-state index contributed by atoms with van der Waals surface area (Å²) in [6, 6.07) is 8.90. The lowest BCUT2D eigenvalue weighted by Gasteiger charge is -2.72. The Morgan fingerprint density at radius 1 is 0.939 bits per heavy atom. The molecule has 82 heavy (non-hydrogen) atoms. The fourth-order valence-electron chi connectivity index (χ4n) is 23.6. The summed E-state index contributed by atoms with van der Waals surface area (Å²) in [6.07, 6.45) is 27.7. The van der Waals surface area contributed by atoms with Crippen molar-refractivity contribution in [3.8, 4) is 11.8 Å². The number of hydrogen-bond acceptors (Lipinski definition) is 11. The molecule has 20 unspecified atom stereocenters. The molecule has 3 heterocycles. The van der Waals surface area contributed by atoms with Gasteiger partial charge in [-0.2, -0.15) is 0 Å². The van der Waals surface area contributed by atoms with E-state index in [0.717, 1.165) is 68.8 Å². The van der Waals surface area contributed by atoms with Gasteiger partial charge in [0.25, 0.3) is 0 Å². The Balaban J connectivity index is 0.932. The van der Waals surface area contributed by atoms with E-state index in [1.807, 2.05) is 26.0 Å². The predicted molar refractivity (Wildman–Crippen MR) is 314 cm³/mol. The Morgan fingerprint density at radius 3 is 2.49 bits per heavy atom. The van der Waals surface area contributed by atoms with Crippen LogP contribution in [0.3, 0.4) is 0 Å². The molecule has 0 aromatic heterocycles. The number of aliphatic hydroxyl groups is 5. The number of rotatable bonds is 11. The van der Waals surface area contributed by atoms with Crippen molar-refractivity contribution in [2.75, 3.05) is 26.4 Å². The molecule has 0 amide bonds. The van der Waals surface area contributed by atoms with Crippen LogP contribution in [0, 0.1) is 97.1 Å². The van der Waals surface area contributed by atoms with Crippen LogP contribution in [-0.2, 0) is 31.9 Å². The first kappa shape index (κ1) is 56.2. The second-order valence-electron chi connectivity index (χ2n) is 31.3. The van der Waals surface area contributed by atoms with Crippen molar-refractivity contribution >= 4 is 12.1 Å². The molecule has 1 aromatic rings. The highest BCUT2D eigenvalue weighted by Crippen LogP contribution is 2.84. The first-order chi connectivity index (χ1) is 39.2. The quantitative estimate of drug-likeness (QED) is 0.0483. The van der Waals surface area contributed by atoms with Crippen molar-refractivity contribution in [3.05, 3.63) is 82.2 Å². The van der Waals surface area contributed by atoms with Crippen molar-refractivity contribution in [2.45, 2.75) is 217 Å². The second-order valence-corrected chi connectivity index (χ2v) is 31.3. The summed E-state index contributed by atoms with van der Waals surface area (Å²) in [5.74, 6) is 7.99. The molecular formula is C71H96N2O9. The average molecular weight is 1120 g/mol. The third-order valence-electron chi connectivity index (χ3n) is 27.7. The standard InChI is InChI=1S/C71H96N2O9/c1-44-20-29-81-70(34-44,61-60(82-61)64(4,79)62(2,42-75)23-16-45-19-28-73-58(72)30-45)56-18-25-71(80)54-33-55(78)53-32-52(77)39-68-51-31-50(67(43-76)24-17-46(35-67)40-74)38-69(53,68)59(54)49(36-63(56,71)3)15-14-48-11-6-5-10-47(48)12-9-13-57(68)66(37-51)27-26-65(41-66)21-7-8-22-65/h5-6,10-11,19,30-31,33,40,44,46,49,51-53,56-57,59-61,73,75-77,79-80H,7-8,12,14-18,20-29,32,34-39,41-43,72H2,1-4H3. The maximum absolute atomic E-state index is 16.3. The lowest BCUT2D eigenvalue weighted by atomic mass is 9.31. The number of dihydropyridines is 1. The third-order valence-corrected chi connectivity index (χ3v) is 27.7. The van der Waals surface area contributed by atoms with Gasteiger partial charge >= 0.3 is 0 Å². The summed E-state index contributed by atoms with van der Waals surface area (Å²) in [5, 5.41) is 67.1. The molecule has 444 valence electrons. The SMILES string of the molecule is CC1CCOC(C2OC2C(C)(O)C(C)(CO)CCC2=CCNC(N)=C2)(C2CCC3(O)C4=CC(=O)C5CC(O)CC67C8C=C(C9(CO)CCC(C=O)C9)CC56C4C(CCc4ccccc4CC#CC7C4(CCC5(CCCC5)C4)C8)CC23C)C1. The maximum Gasteiger partial charge on any atom is 0.159 e. The van der Waals surface area contributed by atoms with Crippen LogP contribution >= 0.6 is 0 Å². The zero-order valence-electron chi connectivity index (χ0n) is 49.8. The first-order valence-electron chi connectivity index (χ1n) is 32.7. The van der Waals surface area contributed by atoms with E-state index in [1.54, 1.807) is 0 Å². The van der Waals surface area contributed by atoms with Gasteiger partial charge in [0, 0.05) is 59.0 Å². The Hall–Kier alpha value is -3.60. The van der Waals surface area contributed by atoms with E-state index >= 15 is 4.79 Å².